The molecule has 0 aliphatic rings. The van der Waals surface area contributed by atoms with Crippen LogP contribution < -0.4 is 5.73 Å². The fourth-order valence-corrected chi connectivity index (χ4v) is 1.79. The van der Waals surface area contributed by atoms with Gasteiger partial charge in [0.15, 0.2) is 5.69 Å². The first kappa shape index (κ1) is 14.0. The number of carbonyl (C=O) groups excluding carboxylic acids is 1. The van der Waals surface area contributed by atoms with Gasteiger partial charge in [-0.05, 0) is 24.3 Å². The fraction of sp³-hybridized carbons (Fsp3) is 0.231. The van der Waals surface area contributed by atoms with E-state index in [2.05, 4.69) is 9.84 Å². The molecule has 0 radical (unpaired) electrons. The van der Waals surface area contributed by atoms with Crippen molar-refractivity contribution in [3.05, 3.63) is 41.3 Å². The van der Waals surface area contributed by atoms with Crippen molar-refractivity contribution in [2.24, 2.45) is 0 Å². The Bertz CT molecular complexity index is 623. The van der Waals surface area contributed by atoms with Gasteiger partial charge in [-0.1, -0.05) is 0 Å². The third kappa shape index (κ3) is 2.48. The van der Waals surface area contributed by atoms with Gasteiger partial charge in [0.2, 0.25) is 0 Å². The van der Waals surface area contributed by atoms with E-state index in [4.69, 9.17) is 10.5 Å². The molecule has 106 valence electrons. The molecule has 0 saturated heterocycles. The lowest BCUT2D eigenvalue weighted by Crippen LogP contribution is -2.06. The van der Waals surface area contributed by atoms with Crippen molar-refractivity contribution in [1.29, 1.82) is 0 Å². The fourth-order valence-electron chi connectivity index (χ4n) is 1.79. The van der Waals surface area contributed by atoms with Gasteiger partial charge in [0.1, 0.15) is 11.6 Å². The maximum atomic E-state index is 12.9. The molecule has 0 bridgehead atoms. The van der Waals surface area contributed by atoms with Gasteiger partial charge in [-0.2, -0.15) is 5.10 Å². The second-order valence-electron chi connectivity index (χ2n) is 4.03. The van der Waals surface area contributed by atoms with Crippen LogP contribution >= 0.6 is 0 Å². The van der Waals surface area contributed by atoms with Crippen molar-refractivity contribution in [1.82, 2.24) is 9.78 Å². The van der Waals surface area contributed by atoms with Gasteiger partial charge in [-0.25, -0.2) is 13.9 Å². The minimum absolute atomic E-state index is 0.0798. The number of benzene rings is 1. The van der Waals surface area contributed by atoms with Gasteiger partial charge in [0.25, 0.3) is 0 Å². The van der Waals surface area contributed by atoms with Crippen LogP contribution in [0.3, 0.4) is 0 Å². The molecule has 0 aliphatic carbocycles. The summed E-state index contributed by atoms with van der Waals surface area (Å²) in [5.41, 5.74) is 7.02. The molecule has 0 amide bonds. The predicted molar refractivity (Wildman–Crippen MR) is 70.0 cm³/mol. The lowest BCUT2D eigenvalue weighted by atomic mass is 10.2. The molecule has 7 heteroatoms. The van der Waals surface area contributed by atoms with Crippen molar-refractivity contribution in [2.45, 2.75) is 6.61 Å². The van der Waals surface area contributed by atoms with E-state index in [1.807, 2.05) is 0 Å². The molecule has 20 heavy (non-hydrogen) atoms. The maximum Gasteiger partial charge on any atom is 0.359 e. The smallest absolute Gasteiger partial charge is 0.359 e. The third-order valence-corrected chi connectivity index (χ3v) is 2.76. The topological polar surface area (TPSA) is 79.4 Å². The Morgan fingerprint density at radius 1 is 1.35 bits per heavy atom. The highest BCUT2D eigenvalue weighted by atomic mass is 19.1. The summed E-state index contributed by atoms with van der Waals surface area (Å²) in [7, 11) is 2.74. The summed E-state index contributed by atoms with van der Waals surface area (Å²) in [4.78, 5) is 11.7. The maximum absolute atomic E-state index is 12.9. The Morgan fingerprint density at radius 2 is 2.00 bits per heavy atom. The van der Waals surface area contributed by atoms with Gasteiger partial charge < -0.3 is 15.2 Å². The van der Waals surface area contributed by atoms with Crippen molar-refractivity contribution in [2.75, 3.05) is 20.0 Å². The Balaban J connectivity index is 2.54. The first-order valence-corrected chi connectivity index (χ1v) is 5.79. The van der Waals surface area contributed by atoms with Crippen LogP contribution in [0.1, 0.15) is 16.1 Å². The third-order valence-electron chi connectivity index (χ3n) is 2.76. The highest BCUT2D eigenvalue weighted by molar-refractivity contribution is 5.90. The molecule has 1 aromatic carbocycles. The number of rotatable bonds is 4. The molecule has 1 aromatic heterocycles. The summed E-state index contributed by atoms with van der Waals surface area (Å²) in [6, 6.07) is 5.58. The van der Waals surface area contributed by atoms with Crippen LogP contribution in [0.2, 0.25) is 0 Å². The minimum Gasteiger partial charge on any atom is -0.464 e. The predicted octanol–water partition coefficient (Wildman–Crippen LogP) is 1.53. The summed E-state index contributed by atoms with van der Waals surface area (Å²) in [6.45, 7) is 0.122. The van der Waals surface area contributed by atoms with E-state index in [-0.39, 0.29) is 23.9 Å². The van der Waals surface area contributed by atoms with E-state index in [1.54, 1.807) is 0 Å². The number of ether oxygens (including phenoxy) is 2. The Morgan fingerprint density at radius 3 is 2.55 bits per heavy atom. The Hall–Kier alpha value is -2.41. The summed E-state index contributed by atoms with van der Waals surface area (Å²) >= 11 is 0. The van der Waals surface area contributed by atoms with Crippen LogP contribution in [0.25, 0.3) is 5.69 Å². The molecule has 0 saturated carbocycles. The summed E-state index contributed by atoms with van der Waals surface area (Å²) in [5, 5.41) is 4.11. The number of hydrogen-bond donors (Lipinski definition) is 1. The standard InChI is InChI=1S/C13H14FN3O3/c1-19-7-10-11(13(18)20-2)16-17(12(10)15)9-5-3-8(14)4-6-9/h3-6H,7,15H2,1-2H3. The molecule has 2 N–H and O–H groups in total. The van der Waals surface area contributed by atoms with Gasteiger partial charge in [0.05, 0.1) is 25.0 Å². The molecular formula is C13H14FN3O3. The highest BCUT2D eigenvalue weighted by Gasteiger charge is 2.22. The number of anilines is 1. The van der Waals surface area contributed by atoms with Gasteiger partial charge in [-0.15, -0.1) is 0 Å². The van der Waals surface area contributed by atoms with Crippen molar-refractivity contribution in [3.8, 4) is 5.69 Å². The zero-order chi connectivity index (χ0) is 14.7. The number of esters is 1. The number of hydrogen-bond acceptors (Lipinski definition) is 5. The molecule has 2 aromatic rings. The van der Waals surface area contributed by atoms with E-state index in [9.17, 15) is 9.18 Å². The van der Waals surface area contributed by atoms with Gasteiger partial charge in [0, 0.05) is 7.11 Å². The van der Waals surface area contributed by atoms with Crippen LogP contribution in [0, 0.1) is 5.82 Å². The van der Waals surface area contributed by atoms with Crippen molar-refractivity contribution >= 4 is 11.8 Å². The summed E-state index contributed by atoms with van der Waals surface area (Å²) in [6.07, 6.45) is 0. The number of aromatic nitrogens is 2. The Labute approximate surface area is 114 Å². The SMILES string of the molecule is COCc1c(C(=O)OC)nn(-c2ccc(F)cc2)c1N. The average molecular weight is 279 g/mol. The van der Waals surface area contributed by atoms with E-state index in [0.717, 1.165) is 0 Å². The monoisotopic (exact) mass is 279 g/mol. The van der Waals surface area contributed by atoms with Crippen LogP contribution in [0.15, 0.2) is 24.3 Å². The zero-order valence-electron chi connectivity index (χ0n) is 11.1. The first-order valence-electron chi connectivity index (χ1n) is 5.79. The second kappa shape index (κ2) is 5.70. The summed E-state index contributed by atoms with van der Waals surface area (Å²) < 4.78 is 24.0. The van der Waals surface area contributed by atoms with Crippen LogP contribution in [-0.2, 0) is 16.1 Å². The largest absolute Gasteiger partial charge is 0.464 e. The summed E-state index contributed by atoms with van der Waals surface area (Å²) in [5.74, 6) is -0.728. The van der Waals surface area contributed by atoms with Crippen LogP contribution in [-0.4, -0.2) is 30.0 Å². The molecule has 1 heterocycles. The normalized spacial score (nSPS) is 10.6. The van der Waals surface area contributed by atoms with E-state index in [0.29, 0.717) is 11.3 Å². The van der Waals surface area contributed by atoms with E-state index < -0.39 is 5.97 Å². The number of nitrogen functional groups attached to an aromatic ring is 1. The number of carbonyl (C=O) groups is 1. The zero-order valence-corrected chi connectivity index (χ0v) is 11.1. The minimum atomic E-state index is -0.607. The lowest BCUT2D eigenvalue weighted by molar-refractivity contribution is 0.0588. The van der Waals surface area contributed by atoms with Gasteiger partial charge in [-0.3, -0.25) is 0 Å². The first-order chi connectivity index (χ1) is 9.58. The molecule has 0 aliphatic heterocycles. The molecular weight excluding hydrogens is 265 g/mol. The van der Waals surface area contributed by atoms with E-state index >= 15 is 0 Å². The lowest BCUT2D eigenvalue weighted by Gasteiger charge is -2.04. The number of nitrogens with two attached hydrogens (primary N) is 1. The Kier molecular flexibility index (Phi) is 3.99. The second-order valence-corrected chi connectivity index (χ2v) is 4.03. The number of halogens is 1. The highest BCUT2D eigenvalue weighted by Crippen LogP contribution is 2.22. The molecule has 0 unspecified atom stereocenters. The average Bonchev–Trinajstić information content (AvgIpc) is 2.77. The quantitative estimate of drug-likeness (QED) is 0.858. The van der Waals surface area contributed by atoms with E-state index in [1.165, 1.54) is 43.2 Å². The molecule has 0 atom stereocenters. The molecule has 0 fully saturated rings. The molecule has 6 nitrogen and oxygen atoms in total. The van der Waals surface area contributed by atoms with Crippen molar-refractivity contribution in [3.63, 3.8) is 0 Å². The molecule has 2 rings (SSSR count). The van der Waals surface area contributed by atoms with Gasteiger partial charge >= 0.3 is 5.97 Å². The number of methoxy groups -OCH3 is 2. The number of nitrogens with zero attached hydrogens (tertiary/aromatic N) is 2. The van der Waals surface area contributed by atoms with Crippen molar-refractivity contribution < 1.29 is 18.7 Å². The molecule has 0 spiro atoms. The van der Waals surface area contributed by atoms with Crippen LogP contribution in [0.4, 0.5) is 10.2 Å². The van der Waals surface area contributed by atoms with Crippen LogP contribution in [0.5, 0.6) is 0 Å².